The molecule has 1 N–H and O–H groups in total. The van der Waals surface area contributed by atoms with Gasteiger partial charge in [-0.3, -0.25) is 4.79 Å². The Morgan fingerprint density at radius 1 is 0.919 bits per heavy atom. The zero-order valence-corrected chi connectivity index (χ0v) is 22.2. The van der Waals surface area contributed by atoms with E-state index in [0.717, 1.165) is 16.9 Å². The Hall–Kier alpha value is -3.70. The third-order valence-electron chi connectivity index (χ3n) is 5.43. The fourth-order valence-electron chi connectivity index (χ4n) is 3.55. The molecular weight excluding hydrogens is 529 g/mol. The zero-order valence-electron chi connectivity index (χ0n) is 19.9. The first-order valence-corrected chi connectivity index (χ1v) is 12.8. The second-order valence-corrected chi connectivity index (χ2v) is 9.55. The van der Waals surface area contributed by atoms with Gasteiger partial charge in [-0.05, 0) is 66.2 Å². The summed E-state index contributed by atoms with van der Waals surface area (Å²) in [7, 11) is 3.20. The lowest BCUT2D eigenvalue weighted by molar-refractivity contribution is -0.113. The normalized spacial score (nSPS) is 10.5. The number of methoxy groups -OCH3 is 2. The summed E-state index contributed by atoms with van der Waals surface area (Å²) >= 11 is 13.2. The number of rotatable bonds is 8. The molecule has 1 heterocycles. The predicted molar refractivity (Wildman–Crippen MR) is 149 cm³/mol. The number of hydrogen-bond donors (Lipinski definition) is 1. The first-order chi connectivity index (χ1) is 17.9. The van der Waals surface area contributed by atoms with E-state index >= 15 is 0 Å². The summed E-state index contributed by atoms with van der Waals surface area (Å²) in [6.45, 7) is 0. The maximum atomic E-state index is 12.7. The van der Waals surface area contributed by atoms with E-state index in [0.29, 0.717) is 43.3 Å². The van der Waals surface area contributed by atoms with Gasteiger partial charge in [0.05, 0.1) is 41.3 Å². The van der Waals surface area contributed by atoms with E-state index in [1.54, 1.807) is 32.4 Å². The van der Waals surface area contributed by atoms with Crippen molar-refractivity contribution in [1.29, 1.82) is 5.26 Å². The average molecular weight is 550 g/mol. The van der Waals surface area contributed by atoms with Gasteiger partial charge in [0.25, 0.3) is 0 Å². The molecule has 0 aliphatic rings. The van der Waals surface area contributed by atoms with Crippen LogP contribution in [-0.4, -0.2) is 30.9 Å². The number of pyridine rings is 1. The lowest BCUT2D eigenvalue weighted by Crippen LogP contribution is -2.14. The molecule has 0 aliphatic heterocycles. The Morgan fingerprint density at radius 3 is 2.11 bits per heavy atom. The fraction of sp³-hybridized carbons (Fsp3) is 0.107. The molecule has 0 saturated heterocycles. The van der Waals surface area contributed by atoms with Gasteiger partial charge < -0.3 is 14.8 Å². The van der Waals surface area contributed by atoms with E-state index in [1.165, 1.54) is 11.8 Å². The standard InChI is InChI=1S/C28H21Cl2N3O3S/c1-35-20-8-3-17(4-9-20)22-14-26(18-5-10-21(36-2)11-6-18)33-28(23(22)15-31)37-16-27(34)32-19-7-12-24(29)25(30)13-19/h3-14H,16H2,1-2H3,(H,32,34). The van der Waals surface area contributed by atoms with Crippen LogP contribution in [-0.2, 0) is 4.79 Å². The Bertz CT molecular complexity index is 1470. The minimum absolute atomic E-state index is 0.0377. The van der Waals surface area contributed by atoms with Crippen LogP contribution < -0.4 is 14.8 Å². The molecule has 186 valence electrons. The Morgan fingerprint density at radius 2 is 1.54 bits per heavy atom. The molecule has 6 nitrogen and oxygen atoms in total. The molecular formula is C28H21Cl2N3O3S. The third kappa shape index (κ3) is 6.36. The van der Waals surface area contributed by atoms with Crippen LogP contribution in [0.2, 0.25) is 10.0 Å². The highest BCUT2D eigenvalue weighted by Crippen LogP contribution is 2.35. The van der Waals surface area contributed by atoms with Gasteiger partial charge in [-0.1, -0.05) is 47.1 Å². The molecule has 0 radical (unpaired) electrons. The summed E-state index contributed by atoms with van der Waals surface area (Å²) in [4.78, 5) is 17.4. The summed E-state index contributed by atoms with van der Waals surface area (Å²) in [6.07, 6.45) is 0. The SMILES string of the molecule is COc1ccc(-c2cc(-c3ccc(OC)cc3)c(C#N)c(SCC(=O)Nc3ccc(Cl)c(Cl)c3)n2)cc1. The number of anilines is 1. The third-order valence-corrected chi connectivity index (χ3v) is 7.14. The van der Waals surface area contributed by atoms with Crippen molar-refractivity contribution in [2.75, 3.05) is 25.3 Å². The molecule has 9 heteroatoms. The molecule has 37 heavy (non-hydrogen) atoms. The number of nitrogens with zero attached hydrogens (tertiary/aromatic N) is 2. The number of benzene rings is 3. The topological polar surface area (TPSA) is 84.2 Å². The summed E-state index contributed by atoms with van der Waals surface area (Å²) in [5.41, 5.74) is 3.96. The highest BCUT2D eigenvalue weighted by atomic mass is 35.5. The lowest BCUT2D eigenvalue weighted by Gasteiger charge is -2.13. The summed E-state index contributed by atoms with van der Waals surface area (Å²) in [5.74, 6) is 1.20. The molecule has 0 aliphatic carbocycles. The van der Waals surface area contributed by atoms with Gasteiger partial charge in [-0.15, -0.1) is 0 Å². The largest absolute Gasteiger partial charge is 0.497 e. The number of hydrogen-bond acceptors (Lipinski definition) is 6. The van der Waals surface area contributed by atoms with E-state index in [-0.39, 0.29) is 11.7 Å². The van der Waals surface area contributed by atoms with Crippen LogP contribution in [0.4, 0.5) is 5.69 Å². The van der Waals surface area contributed by atoms with Crippen molar-refractivity contribution in [3.63, 3.8) is 0 Å². The number of nitrogens with one attached hydrogen (secondary N) is 1. The van der Waals surface area contributed by atoms with E-state index in [2.05, 4.69) is 11.4 Å². The first kappa shape index (κ1) is 26.4. The number of amides is 1. The maximum Gasteiger partial charge on any atom is 0.234 e. The molecule has 4 aromatic rings. The number of carbonyl (C=O) groups is 1. The zero-order chi connectivity index (χ0) is 26.4. The highest BCUT2D eigenvalue weighted by molar-refractivity contribution is 8.00. The van der Waals surface area contributed by atoms with Crippen molar-refractivity contribution in [1.82, 2.24) is 4.98 Å². The summed E-state index contributed by atoms with van der Waals surface area (Å²) < 4.78 is 10.5. The van der Waals surface area contributed by atoms with Crippen molar-refractivity contribution in [3.05, 3.63) is 88.4 Å². The van der Waals surface area contributed by atoms with Crippen molar-refractivity contribution in [3.8, 4) is 40.0 Å². The van der Waals surface area contributed by atoms with Gasteiger partial charge in [0.2, 0.25) is 5.91 Å². The minimum Gasteiger partial charge on any atom is -0.497 e. The predicted octanol–water partition coefficient (Wildman–Crippen LogP) is 7.34. The van der Waals surface area contributed by atoms with Crippen LogP contribution in [0.5, 0.6) is 11.5 Å². The number of thioether (sulfide) groups is 1. The van der Waals surface area contributed by atoms with Crippen LogP contribution in [0.25, 0.3) is 22.4 Å². The summed E-state index contributed by atoms with van der Waals surface area (Å²) in [6, 6.07) is 24.0. The van der Waals surface area contributed by atoms with Gasteiger partial charge in [0.15, 0.2) is 0 Å². The number of ether oxygens (including phenoxy) is 2. The van der Waals surface area contributed by atoms with Crippen molar-refractivity contribution in [2.24, 2.45) is 0 Å². The second-order valence-electron chi connectivity index (χ2n) is 7.77. The smallest absolute Gasteiger partial charge is 0.234 e. The van der Waals surface area contributed by atoms with E-state index in [9.17, 15) is 10.1 Å². The molecule has 0 bridgehead atoms. The number of halogens is 2. The molecule has 0 saturated carbocycles. The molecule has 4 rings (SSSR count). The second kappa shape index (κ2) is 12.0. The molecule has 3 aromatic carbocycles. The average Bonchev–Trinajstić information content (AvgIpc) is 2.93. The maximum absolute atomic E-state index is 12.7. The molecule has 0 spiro atoms. The fourth-order valence-corrected chi connectivity index (χ4v) is 4.65. The monoisotopic (exact) mass is 549 g/mol. The molecule has 1 aromatic heterocycles. The molecule has 0 fully saturated rings. The van der Waals surface area contributed by atoms with Gasteiger partial charge >= 0.3 is 0 Å². The molecule has 1 amide bonds. The first-order valence-electron chi connectivity index (χ1n) is 11.0. The van der Waals surface area contributed by atoms with Crippen molar-refractivity contribution < 1.29 is 14.3 Å². The number of aromatic nitrogens is 1. The lowest BCUT2D eigenvalue weighted by atomic mass is 9.99. The van der Waals surface area contributed by atoms with Crippen molar-refractivity contribution in [2.45, 2.75) is 5.03 Å². The highest BCUT2D eigenvalue weighted by Gasteiger charge is 2.17. The van der Waals surface area contributed by atoms with Gasteiger partial charge in [-0.2, -0.15) is 5.26 Å². The van der Waals surface area contributed by atoms with E-state index in [1.807, 2.05) is 54.6 Å². The van der Waals surface area contributed by atoms with Crippen molar-refractivity contribution >= 4 is 46.6 Å². The molecule has 0 unspecified atom stereocenters. The Balaban J connectivity index is 1.68. The van der Waals surface area contributed by atoms with Gasteiger partial charge in [0, 0.05) is 16.8 Å². The Kier molecular flexibility index (Phi) is 8.57. The van der Waals surface area contributed by atoms with Crippen LogP contribution in [0.15, 0.2) is 77.8 Å². The van der Waals surface area contributed by atoms with Crippen LogP contribution >= 0.6 is 35.0 Å². The van der Waals surface area contributed by atoms with E-state index < -0.39 is 0 Å². The van der Waals surface area contributed by atoms with Gasteiger partial charge in [0.1, 0.15) is 22.6 Å². The Labute approximate surface area is 229 Å². The molecule has 0 atom stereocenters. The summed E-state index contributed by atoms with van der Waals surface area (Å²) in [5, 5.41) is 14.1. The minimum atomic E-state index is -0.269. The van der Waals surface area contributed by atoms with E-state index in [4.69, 9.17) is 37.7 Å². The van der Waals surface area contributed by atoms with Gasteiger partial charge in [-0.25, -0.2) is 4.98 Å². The van der Waals surface area contributed by atoms with Crippen LogP contribution in [0, 0.1) is 11.3 Å². The quantitative estimate of drug-likeness (QED) is 0.231. The van der Waals surface area contributed by atoms with Crippen LogP contribution in [0.1, 0.15) is 5.56 Å². The van der Waals surface area contributed by atoms with Crippen LogP contribution in [0.3, 0.4) is 0 Å². The number of carbonyl (C=O) groups excluding carboxylic acids is 1. The number of nitriles is 1.